The summed E-state index contributed by atoms with van der Waals surface area (Å²) in [5, 5.41) is 0. The van der Waals surface area contributed by atoms with E-state index in [2.05, 4.69) is 4.94 Å². The van der Waals surface area contributed by atoms with E-state index in [0.29, 0.717) is 38.9 Å². The van der Waals surface area contributed by atoms with Crippen LogP contribution in [0.2, 0.25) is 0 Å². The van der Waals surface area contributed by atoms with Crippen molar-refractivity contribution in [2.45, 2.75) is 95.5 Å². The molecular formula is C23H33FO9. The molecule has 5 rings (SSSR count). The van der Waals surface area contributed by atoms with Crippen LogP contribution in [0, 0.1) is 23.7 Å². The molecule has 3 saturated heterocycles. The van der Waals surface area contributed by atoms with E-state index in [1.54, 1.807) is 0 Å². The first kappa shape index (κ1) is 23.4. The first-order valence-corrected chi connectivity index (χ1v) is 12.3. The summed E-state index contributed by atoms with van der Waals surface area (Å²) >= 11 is 0. The number of hydrogen-bond donors (Lipinski definition) is 0. The maximum absolute atomic E-state index is 12.2. The van der Waals surface area contributed by atoms with Gasteiger partial charge in [-0.25, -0.2) is 4.79 Å². The molecule has 2 aliphatic carbocycles. The van der Waals surface area contributed by atoms with Crippen LogP contribution in [0.1, 0.15) is 58.3 Å². The van der Waals surface area contributed by atoms with Crippen LogP contribution in [0.15, 0.2) is 0 Å². The number of halogens is 1. The van der Waals surface area contributed by atoms with E-state index in [1.807, 2.05) is 6.92 Å². The van der Waals surface area contributed by atoms with Gasteiger partial charge in [0, 0.05) is 16.4 Å². The molecule has 0 radical (unpaired) electrons. The Kier molecular flexibility index (Phi) is 7.18. The SMILES string of the molecule is CCOC(=O)C1CCC(C2OCC3OC4OC(C5CCC(C(=O)OF)CC5)OC4C3O2)CC1. The van der Waals surface area contributed by atoms with Crippen LogP contribution in [0.4, 0.5) is 4.53 Å². The van der Waals surface area contributed by atoms with Crippen molar-refractivity contribution in [3.8, 4) is 0 Å². The van der Waals surface area contributed by atoms with E-state index in [-0.39, 0.29) is 48.3 Å². The van der Waals surface area contributed by atoms with Crippen LogP contribution >= 0.6 is 0 Å². The van der Waals surface area contributed by atoms with Gasteiger partial charge in [-0.15, -0.1) is 0 Å². The summed E-state index contributed by atoms with van der Waals surface area (Å²) in [5.74, 6) is -0.985. The van der Waals surface area contributed by atoms with Gasteiger partial charge < -0.3 is 28.4 Å². The van der Waals surface area contributed by atoms with Crippen molar-refractivity contribution < 1.29 is 47.5 Å². The van der Waals surface area contributed by atoms with E-state index >= 15 is 0 Å². The predicted molar refractivity (Wildman–Crippen MR) is 108 cm³/mol. The van der Waals surface area contributed by atoms with Crippen LogP contribution < -0.4 is 0 Å². The van der Waals surface area contributed by atoms with E-state index in [9.17, 15) is 14.1 Å². The van der Waals surface area contributed by atoms with Gasteiger partial charge in [-0.2, -0.15) is 0 Å². The second-order valence-corrected chi connectivity index (χ2v) is 9.82. The predicted octanol–water partition coefficient (Wildman–Crippen LogP) is 2.80. The summed E-state index contributed by atoms with van der Waals surface area (Å²) in [6.07, 6.45) is 3.69. The number of carbonyl (C=O) groups is 2. The highest BCUT2D eigenvalue weighted by Gasteiger charge is 2.57. The topological polar surface area (TPSA) is 98.8 Å². The molecule has 6 atom stereocenters. The quantitative estimate of drug-likeness (QED) is 0.559. The Morgan fingerprint density at radius 1 is 0.758 bits per heavy atom. The molecule has 0 amide bonds. The van der Waals surface area contributed by atoms with Gasteiger partial charge in [0.15, 0.2) is 18.9 Å². The summed E-state index contributed by atoms with van der Waals surface area (Å²) in [7, 11) is 0. The molecule has 5 fully saturated rings. The number of rotatable bonds is 5. The number of fused-ring (bicyclic) bond motifs is 3. The Balaban J connectivity index is 1.12. The van der Waals surface area contributed by atoms with Crippen molar-refractivity contribution in [1.29, 1.82) is 0 Å². The minimum atomic E-state index is -0.789. The zero-order valence-corrected chi connectivity index (χ0v) is 18.9. The number of ether oxygens (including phenoxy) is 6. The molecule has 10 heteroatoms. The molecule has 6 unspecified atom stereocenters. The Labute approximate surface area is 192 Å². The third-order valence-electron chi connectivity index (χ3n) is 7.89. The second kappa shape index (κ2) is 10.1. The van der Waals surface area contributed by atoms with Crippen molar-refractivity contribution in [3.63, 3.8) is 0 Å². The minimum absolute atomic E-state index is 0.0362. The minimum Gasteiger partial charge on any atom is -0.466 e. The summed E-state index contributed by atoms with van der Waals surface area (Å²) in [5.41, 5.74) is 0. The molecule has 33 heavy (non-hydrogen) atoms. The molecule has 186 valence electrons. The van der Waals surface area contributed by atoms with Crippen LogP contribution in [0.25, 0.3) is 0 Å². The monoisotopic (exact) mass is 472 g/mol. The lowest BCUT2D eigenvalue weighted by Gasteiger charge is -2.39. The largest absolute Gasteiger partial charge is 0.466 e. The van der Waals surface area contributed by atoms with Gasteiger partial charge >= 0.3 is 11.9 Å². The van der Waals surface area contributed by atoms with Gasteiger partial charge in [0.25, 0.3) is 0 Å². The van der Waals surface area contributed by atoms with E-state index in [1.165, 1.54) is 0 Å². The molecule has 0 aromatic heterocycles. The average molecular weight is 473 g/mol. The molecule has 3 heterocycles. The van der Waals surface area contributed by atoms with E-state index < -0.39 is 24.5 Å². The Morgan fingerprint density at radius 2 is 1.36 bits per heavy atom. The zero-order valence-electron chi connectivity index (χ0n) is 18.9. The fourth-order valence-electron chi connectivity index (χ4n) is 5.99. The lowest BCUT2D eigenvalue weighted by Crippen LogP contribution is -2.49. The summed E-state index contributed by atoms with van der Waals surface area (Å²) in [6.45, 7) is 2.66. The fraction of sp³-hybridized carbons (Fsp3) is 0.913. The molecule has 0 spiro atoms. The van der Waals surface area contributed by atoms with Gasteiger partial charge in [-0.05, 0) is 58.3 Å². The Hall–Kier alpha value is -1.33. The van der Waals surface area contributed by atoms with Gasteiger partial charge in [0.05, 0.1) is 25.0 Å². The van der Waals surface area contributed by atoms with Crippen LogP contribution in [0.5, 0.6) is 0 Å². The smallest absolute Gasteiger partial charge is 0.351 e. The molecule has 0 bridgehead atoms. The molecular weight excluding hydrogens is 439 g/mol. The van der Waals surface area contributed by atoms with Crippen molar-refractivity contribution in [2.75, 3.05) is 13.2 Å². The standard InChI is InChI=1S/C23H33FO9/c1-2-27-19(25)12-3-7-14(8-4-12)21-28-11-16-17(30-21)18-23(29-16)32-22(31-18)15-9-5-13(6-10-15)20(26)33-24/h12-18,21-23H,2-11H2,1H3. The number of hydrogen-bond acceptors (Lipinski definition) is 9. The van der Waals surface area contributed by atoms with Crippen LogP contribution in [-0.4, -0.2) is 62.3 Å². The molecule has 5 aliphatic rings. The van der Waals surface area contributed by atoms with Crippen molar-refractivity contribution in [1.82, 2.24) is 0 Å². The summed E-state index contributed by atoms with van der Waals surface area (Å²) in [4.78, 5) is 26.8. The molecule has 3 aliphatic heterocycles. The van der Waals surface area contributed by atoms with Crippen molar-refractivity contribution in [2.24, 2.45) is 23.7 Å². The molecule has 0 N–H and O–H groups in total. The Morgan fingerprint density at radius 3 is 2.00 bits per heavy atom. The van der Waals surface area contributed by atoms with Crippen molar-refractivity contribution >= 4 is 11.9 Å². The first-order chi connectivity index (χ1) is 16.1. The van der Waals surface area contributed by atoms with E-state index in [4.69, 9.17) is 28.4 Å². The van der Waals surface area contributed by atoms with Crippen LogP contribution in [-0.2, 0) is 43.0 Å². The maximum atomic E-state index is 12.2. The lowest BCUT2D eigenvalue weighted by atomic mass is 9.81. The van der Waals surface area contributed by atoms with Crippen molar-refractivity contribution in [3.05, 3.63) is 0 Å². The third-order valence-corrected chi connectivity index (χ3v) is 7.89. The highest BCUT2D eigenvalue weighted by molar-refractivity contribution is 5.72. The summed E-state index contributed by atoms with van der Waals surface area (Å²) < 4.78 is 48.0. The maximum Gasteiger partial charge on any atom is 0.351 e. The second-order valence-electron chi connectivity index (χ2n) is 9.82. The third kappa shape index (κ3) is 4.77. The fourth-order valence-corrected chi connectivity index (χ4v) is 5.99. The Bertz CT molecular complexity index is 704. The van der Waals surface area contributed by atoms with Gasteiger partial charge in [-0.1, -0.05) is 0 Å². The van der Waals surface area contributed by atoms with Gasteiger partial charge in [0.2, 0.25) is 0 Å². The first-order valence-electron chi connectivity index (χ1n) is 12.3. The van der Waals surface area contributed by atoms with Gasteiger partial charge in [-0.3, -0.25) is 9.74 Å². The summed E-state index contributed by atoms with van der Waals surface area (Å²) in [6, 6.07) is 0. The highest BCUT2D eigenvalue weighted by Crippen LogP contribution is 2.44. The normalized spacial score (nSPS) is 45.2. The number of carbonyl (C=O) groups excluding carboxylic acids is 2. The highest BCUT2D eigenvalue weighted by atomic mass is 19.3. The number of esters is 1. The lowest BCUT2D eigenvalue weighted by molar-refractivity contribution is -0.289. The molecule has 2 saturated carbocycles. The van der Waals surface area contributed by atoms with Gasteiger partial charge in [0.1, 0.15) is 18.3 Å². The van der Waals surface area contributed by atoms with Crippen LogP contribution in [0.3, 0.4) is 0 Å². The molecule has 9 nitrogen and oxygen atoms in total. The average Bonchev–Trinajstić information content (AvgIpc) is 3.42. The molecule has 0 aromatic carbocycles. The van der Waals surface area contributed by atoms with E-state index in [0.717, 1.165) is 25.7 Å². The zero-order chi connectivity index (χ0) is 22.9. The molecule has 0 aromatic rings.